The Labute approximate surface area is 149 Å². The quantitative estimate of drug-likeness (QED) is 0.589. The highest BCUT2D eigenvalue weighted by Crippen LogP contribution is 2.31. The maximum absolute atomic E-state index is 11.8. The van der Waals surface area contributed by atoms with Crippen molar-refractivity contribution in [3.63, 3.8) is 0 Å². The molecule has 0 fully saturated rings. The third-order valence-electron chi connectivity index (χ3n) is 3.93. The highest BCUT2D eigenvalue weighted by molar-refractivity contribution is 6.12. The standard InChI is InChI=1S/C19H20FNO5/c20-7-8-24-9-10-25-11-12-26-14-5-6-16-15-3-1-2-4-17(15)21(19(22)23)18(16)13-14/h1-6,13H,7-12H2,(H,22,23). The number of para-hydroxylation sites is 1. The molecule has 0 unspecified atom stereocenters. The Morgan fingerprint density at radius 3 is 2.38 bits per heavy atom. The zero-order valence-corrected chi connectivity index (χ0v) is 14.2. The molecule has 0 atom stereocenters. The summed E-state index contributed by atoms with van der Waals surface area (Å²) in [6.07, 6.45) is -1.04. The fourth-order valence-electron chi connectivity index (χ4n) is 2.84. The van der Waals surface area contributed by atoms with E-state index in [1.54, 1.807) is 12.1 Å². The van der Waals surface area contributed by atoms with E-state index in [0.29, 0.717) is 43.2 Å². The summed E-state index contributed by atoms with van der Waals surface area (Å²) in [4.78, 5) is 11.7. The van der Waals surface area contributed by atoms with Crippen molar-refractivity contribution in [2.75, 3.05) is 39.7 Å². The third-order valence-corrected chi connectivity index (χ3v) is 3.93. The molecule has 2 aromatic carbocycles. The zero-order valence-electron chi connectivity index (χ0n) is 14.2. The highest BCUT2D eigenvalue weighted by atomic mass is 19.1. The van der Waals surface area contributed by atoms with Crippen molar-refractivity contribution in [1.29, 1.82) is 0 Å². The first-order valence-corrected chi connectivity index (χ1v) is 8.33. The molecule has 3 rings (SSSR count). The average Bonchev–Trinajstić information content (AvgIpc) is 2.97. The molecule has 0 bridgehead atoms. The summed E-state index contributed by atoms with van der Waals surface area (Å²) in [5.41, 5.74) is 1.22. The van der Waals surface area contributed by atoms with Crippen LogP contribution >= 0.6 is 0 Å². The van der Waals surface area contributed by atoms with Gasteiger partial charge in [0.2, 0.25) is 0 Å². The van der Waals surface area contributed by atoms with Crippen molar-refractivity contribution in [3.8, 4) is 5.75 Å². The van der Waals surface area contributed by atoms with E-state index in [-0.39, 0.29) is 6.61 Å². The number of ether oxygens (including phenoxy) is 3. The lowest BCUT2D eigenvalue weighted by atomic mass is 10.1. The maximum atomic E-state index is 11.8. The Kier molecular flexibility index (Phi) is 6.04. The van der Waals surface area contributed by atoms with Gasteiger partial charge in [-0.05, 0) is 18.2 Å². The molecule has 0 saturated heterocycles. The molecule has 7 heteroatoms. The molecule has 0 amide bonds. The number of fused-ring (bicyclic) bond motifs is 3. The van der Waals surface area contributed by atoms with Gasteiger partial charge in [0.05, 0.1) is 37.5 Å². The van der Waals surface area contributed by atoms with Gasteiger partial charge >= 0.3 is 6.09 Å². The fourth-order valence-corrected chi connectivity index (χ4v) is 2.84. The van der Waals surface area contributed by atoms with Crippen LogP contribution < -0.4 is 4.74 Å². The second kappa shape index (κ2) is 8.64. The number of hydrogen-bond donors (Lipinski definition) is 1. The Morgan fingerprint density at radius 2 is 1.62 bits per heavy atom. The summed E-state index contributed by atoms with van der Waals surface area (Å²) in [5, 5.41) is 11.3. The van der Waals surface area contributed by atoms with Crippen LogP contribution in [0.4, 0.5) is 9.18 Å². The van der Waals surface area contributed by atoms with Crippen LogP contribution in [0, 0.1) is 0 Å². The molecule has 0 aliphatic rings. The third kappa shape index (κ3) is 3.95. The lowest BCUT2D eigenvalue weighted by molar-refractivity contribution is 0.0325. The van der Waals surface area contributed by atoms with Gasteiger partial charge < -0.3 is 19.3 Å². The molecule has 1 N–H and O–H groups in total. The maximum Gasteiger partial charge on any atom is 0.416 e. The second-order valence-electron chi connectivity index (χ2n) is 5.58. The van der Waals surface area contributed by atoms with Crippen LogP contribution in [-0.4, -0.2) is 55.5 Å². The first-order chi connectivity index (χ1) is 12.7. The Hall–Kier alpha value is -2.64. The van der Waals surface area contributed by atoms with E-state index in [2.05, 4.69) is 0 Å². The highest BCUT2D eigenvalue weighted by Gasteiger charge is 2.15. The molecule has 0 radical (unpaired) electrons. The number of rotatable bonds is 9. The summed E-state index contributed by atoms with van der Waals surface area (Å²) in [5.74, 6) is 0.570. The molecular weight excluding hydrogens is 341 g/mol. The molecule has 1 heterocycles. The van der Waals surface area contributed by atoms with Crippen LogP contribution in [0.5, 0.6) is 5.75 Å². The first-order valence-electron chi connectivity index (χ1n) is 8.33. The van der Waals surface area contributed by atoms with Crippen LogP contribution in [0.25, 0.3) is 21.8 Å². The SMILES string of the molecule is O=C(O)n1c2ccccc2c2ccc(OCCOCCOCCF)cc21. The summed E-state index contributed by atoms with van der Waals surface area (Å²) in [6.45, 7) is 0.973. The van der Waals surface area contributed by atoms with Gasteiger partial charge in [-0.2, -0.15) is 0 Å². The lowest BCUT2D eigenvalue weighted by Gasteiger charge is -2.08. The predicted molar refractivity (Wildman–Crippen MR) is 96.0 cm³/mol. The van der Waals surface area contributed by atoms with Crippen molar-refractivity contribution in [3.05, 3.63) is 42.5 Å². The van der Waals surface area contributed by atoms with Crippen molar-refractivity contribution in [2.24, 2.45) is 0 Å². The number of carboxylic acid groups (broad SMARTS) is 1. The molecule has 6 nitrogen and oxygen atoms in total. The predicted octanol–water partition coefficient (Wildman–Crippen LogP) is 3.70. The average molecular weight is 361 g/mol. The van der Waals surface area contributed by atoms with Gasteiger partial charge in [-0.15, -0.1) is 0 Å². The molecule has 26 heavy (non-hydrogen) atoms. The van der Waals surface area contributed by atoms with Gasteiger partial charge in [0.25, 0.3) is 0 Å². The Morgan fingerprint density at radius 1 is 0.923 bits per heavy atom. The molecular formula is C19H20FNO5. The number of hydrogen-bond acceptors (Lipinski definition) is 4. The minimum Gasteiger partial charge on any atom is -0.491 e. The largest absolute Gasteiger partial charge is 0.491 e. The molecule has 0 aliphatic carbocycles. The van der Waals surface area contributed by atoms with Gasteiger partial charge in [-0.1, -0.05) is 18.2 Å². The topological polar surface area (TPSA) is 69.9 Å². The Bertz CT molecular complexity index is 892. The van der Waals surface area contributed by atoms with Crippen LogP contribution in [0.15, 0.2) is 42.5 Å². The number of nitrogens with zero attached hydrogens (tertiary/aromatic N) is 1. The fraction of sp³-hybridized carbons (Fsp3) is 0.316. The van der Waals surface area contributed by atoms with Crippen LogP contribution in [-0.2, 0) is 9.47 Å². The zero-order chi connectivity index (χ0) is 18.4. The Balaban J connectivity index is 1.66. The van der Waals surface area contributed by atoms with E-state index in [1.165, 1.54) is 4.57 Å². The minimum absolute atomic E-state index is 0.0808. The lowest BCUT2D eigenvalue weighted by Crippen LogP contribution is -2.11. The number of alkyl halides is 1. The summed E-state index contributed by atoms with van der Waals surface area (Å²) in [7, 11) is 0. The van der Waals surface area contributed by atoms with E-state index in [9.17, 15) is 14.3 Å². The number of benzene rings is 2. The molecule has 138 valence electrons. The van der Waals surface area contributed by atoms with E-state index < -0.39 is 12.8 Å². The van der Waals surface area contributed by atoms with E-state index in [4.69, 9.17) is 14.2 Å². The van der Waals surface area contributed by atoms with E-state index >= 15 is 0 Å². The van der Waals surface area contributed by atoms with Gasteiger partial charge in [-0.25, -0.2) is 13.8 Å². The van der Waals surface area contributed by atoms with Gasteiger partial charge in [0, 0.05) is 16.8 Å². The van der Waals surface area contributed by atoms with Crippen LogP contribution in [0.3, 0.4) is 0 Å². The summed E-state index contributed by atoms with van der Waals surface area (Å²) < 4.78 is 29.0. The van der Waals surface area contributed by atoms with Crippen LogP contribution in [0.1, 0.15) is 0 Å². The number of halogens is 1. The molecule has 3 aromatic rings. The molecule has 0 aliphatic heterocycles. The van der Waals surface area contributed by atoms with Gasteiger partial charge in [-0.3, -0.25) is 0 Å². The van der Waals surface area contributed by atoms with Gasteiger partial charge in [0.1, 0.15) is 19.0 Å². The molecule has 0 saturated carbocycles. The molecule has 1 aromatic heterocycles. The smallest absolute Gasteiger partial charge is 0.416 e. The van der Waals surface area contributed by atoms with Crippen molar-refractivity contribution in [2.45, 2.75) is 0 Å². The van der Waals surface area contributed by atoms with Crippen LogP contribution in [0.2, 0.25) is 0 Å². The van der Waals surface area contributed by atoms with Crippen molar-refractivity contribution >= 4 is 27.9 Å². The number of aromatic nitrogens is 1. The normalized spacial score (nSPS) is 11.3. The van der Waals surface area contributed by atoms with E-state index in [1.807, 2.05) is 30.3 Å². The number of carbonyl (C=O) groups is 1. The summed E-state index contributed by atoms with van der Waals surface area (Å²) >= 11 is 0. The summed E-state index contributed by atoms with van der Waals surface area (Å²) in [6, 6.07) is 12.8. The minimum atomic E-state index is -1.04. The molecule has 0 spiro atoms. The van der Waals surface area contributed by atoms with E-state index in [0.717, 1.165) is 10.8 Å². The first kappa shape index (κ1) is 18.2. The monoisotopic (exact) mass is 361 g/mol. The van der Waals surface area contributed by atoms with Crippen molar-refractivity contribution < 1.29 is 28.5 Å². The van der Waals surface area contributed by atoms with Gasteiger partial charge in [0.15, 0.2) is 0 Å². The van der Waals surface area contributed by atoms with Crippen molar-refractivity contribution in [1.82, 2.24) is 4.57 Å². The second-order valence-corrected chi connectivity index (χ2v) is 5.58.